The number of nitrogens with one attached hydrogen (secondary N) is 1. The average Bonchev–Trinajstić information content (AvgIpc) is 2.72. The number of pyridine rings is 1. The molecule has 1 aliphatic carbocycles. The van der Waals surface area contributed by atoms with E-state index in [9.17, 15) is 9.59 Å². The molecule has 1 heterocycles. The van der Waals surface area contributed by atoms with E-state index in [1.807, 2.05) is 18.2 Å². The molecule has 0 atom stereocenters. The lowest BCUT2D eigenvalue weighted by Crippen LogP contribution is -2.27. The summed E-state index contributed by atoms with van der Waals surface area (Å²) in [5.41, 5.74) is 2.53. The number of hydrogen-bond donors (Lipinski definition) is 1. The SMILES string of the molecule is CC(=O)NCC(=O)c1cnc2c(c1)C=CC2. The lowest BCUT2D eigenvalue weighted by Gasteiger charge is -2.03. The Morgan fingerprint density at radius 1 is 1.50 bits per heavy atom. The number of carbonyl (C=O) groups excluding carboxylic acids is 2. The van der Waals surface area contributed by atoms with Crippen LogP contribution in [0.25, 0.3) is 6.08 Å². The normalized spacial score (nSPS) is 12.3. The quantitative estimate of drug-likeness (QED) is 0.766. The van der Waals surface area contributed by atoms with E-state index in [0.29, 0.717) is 5.56 Å². The molecule has 1 N–H and O–H groups in total. The van der Waals surface area contributed by atoms with Crippen molar-refractivity contribution in [3.8, 4) is 0 Å². The van der Waals surface area contributed by atoms with Gasteiger partial charge < -0.3 is 5.32 Å². The zero-order valence-corrected chi connectivity index (χ0v) is 8.99. The van der Waals surface area contributed by atoms with E-state index in [4.69, 9.17) is 0 Å². The fourth-order valence-corrected chi connectivity index (χ4v) is 1.58. The number of allylic oxidation sites excluding steroid dienone is 1. The number of aromatic nitrogens is 1. The van der Waals surface area contributed by atoms with Crippen LogP contribution in [0.4, 0.5) is 0 Å². The summed E-state index contributed by atoms with van der Waals surface area (Å²) < 4.78 is 0. The topological polar surface area (TPSA) is 59.1 Å². The molecular weight excluding hydrogens is 204 g/mol. The second kappa shape index (κ2) is 4.26. The molecule has 0 unspecified atom stereocenters. The molecule has 82 valence electrons. The van der Waals surface area contributed by atoms with Gasteiger partial charge in [0.25, 0.3) is 0 Å². The Kier molecular flexibility index (Phi) is 2.81. The number of ketones is 1. The summed E-state index contributed by atoms with van der Waals surface area (Å²) in [4.78, 5) is 26.6. The van der Waals surface area contributed by atoms with Crippen molar-refractivity contribution in [1.29, 1.82) is 0 Å². The maximum absolute atomic E-state index is 11.7. The average molecular weight is 216 g/mol. The molecule has 2 rings (SSSR count). The molecule has 0 aromatic carbocycles. The van der Waals surface area contributed by atoms with Crippen LogP contribution in [0.1, 0.15) is 28.5 Å². The van der Waals surface area contributed by atoms with Gasteiger partial charge >= 0.3 is 0 Å². The van der Waals surface area contributed by atoms with E-state index in [1.54, 1.807) is 6.20 Å². The molecule has 4 nitrogen and oxygen atoms in total. The molecule has 0 fully saturated rings. The molecule has 1 aliphatic rings. The number of fused-ring (bicyclic) bond motifs is 1. The number of hydrogen-bond acceptors (Lipinski definition) is 3. The predicted molar refractivity (Wildman–Crippen MR) is 60.0 cm³/mol. The van der Waals surface area contributed by atoms with Crippen LogP contribution in [0.5, 0.6) is 0 Å². The fourth-order valence-electron chi connectivity index (χ4n) is 1.58. The van der Waals surface area contributed by atoms with Crippen LogP contribution in [-0.4, -0.2) is 23.2 Å². The van der Waals surface area contributed by atoms with Crippen molar-refractivity contribution in [2.75, 3.05) is 6.54 Å². The van der Waals surface area contributed by atoms with Crippen LogP contribution in [0, 0.1) is 0 Å². The molecule has 16 heavy (non-hydrogen) atoms. The Labute approximate surface area is 93.4 Å². The standard InChI is InChI=1S/C12H12N2O2/c1-8(15)13-7-12(16)10-5-9-3-2-4-11(9)14-6-10/h2-3,5-6H,4,7H2,1H3,(H,13,15). The largest absolute Gasteiger partial charge is 0.349 e. The molecule has 1 aromatic rings. The summed E-state index contributed by atoms with van der Waals surface area (Å²) in [5.74, 6) is -0.326. The number of carbonyl (C=O) groups is 2. The van der Waals surface area contributed by atoms with Crippen LogP contribution >= 0.6 is 0 Å². The van der Waals surface area contributed by atoms with Gasteiger partial charge in [-0.2, -0.15) is 0 Å². The van der Waals surface area contributed by atoms with Crippen molar-refractivity contribution < 1.29 is 9.59 Å². The molecule has 0 bridgehead atoms. The fraction of sp³-hybridized carbons (Fsp3) is 0.250. The minimum absolute atomic E-state index is 0.0273. The lowest BCUT2D eigenvalue weighted by atomic mass is 10.1. The molecule has 0 aliphatic heterocycles. The molecular formula is C12H12N2O2. The molecule has 0 radical (unpaired) electrons. The van der Waals surface area contributed by atoms with Gasteiger partial charge in [-0.05, 0) is 11.6 Å². The second-order valence-electron chi connectivity index (χ2n) is 3.70. The molecule has 1 amide bonds. The Morgan fingerprint density at radius 3 is 3.06 bits per heavy atom. The minimum atomic E-state index is -0.206. The second-order valence-corrected chi connectivity index (χ2v) is 3.70. The van der Waals surface area contributed by atoms with Gasteiger partial charge in [0.2, 0.25) is 5.91 Å². The van der Waals surface area contributed by atoms with Gasteiger partial charge in [0, 0.05) is 25.1 Å². The summed E-state index contributed by atoms with van der Waals surface area (Å²) in [5, 5.41) is 2.48. The third kappa shape index (κ3) is 2.16. The highest BCUT2D eigenvalue weighted by atomic mass is 16.2. The van der Waals surface area contributed by atoms with Crippen LogP contribution in [0.15, 0.2) is 18.3 Å². The van der Waals surface area contributed by atoms with Crippen LogP contribution in [0.2, 0.25) is 0 Å². The lowest BCUT2D eigenvalue weighted by molar-refractivity contribution is -0.118. The van der Waals surface area contributed by atoms with Crippen molar-refractivity contribution in [3.63, 3.8) is 0 Å². The van der Waals surface area contributed by atoms with Gasteiger partial charge in [-0.1, -0.05) is 12.2 Å². The summed E-state index contributed by atoms with van der Waals surface area (Å²) in [6.45, 7) is 1.41. The van der Waals surface area contributed by atoms with Gasteiger partial charge in [0.1, 0.15) is 0 Å². The monoisotopic (exact) mass is 216 g/mol. The molecule has 1 aromatic heterocycles. The first-order valence-electron chi connectivity index (χ1n) is 5.10. The predicted octanol–water partition coefficient (Wildman–Crippen LogP) is 0.970. The van der Waals surface area contributed by atoms with Gasteiger partial charge in [-0.25, -0.2) is 0 Å². The Morgan fingerprint density at radius 2 is 2.31 bits per heavy atom. The number of Topliss-reactive ketones (excluding diaryl/α,β-unsaturated/α-hetero) is 1. The van der Waals surface area contributed by atoms with Crippen molar-refractivity contribution in [2.45, 2.75) is 13.3 Å². The van der Waals surface area contributed by atoms with Crippen molar-refractivity contribution in [3.05, 3.63) is 35.2 Å². The van der Waals surface area contributed by atoms with Gasteiger partial charge in [-0.3, -0.25) is 14.6 Å². The first kappa shape index (κ1) is 10.5. The molecule has 0 saturated heterocycles. The molecule has 0 spiro atoms. The van der Waals surface area contributed by atoms with Crippen LogP contribution in [-0.2, 0) is 11.2 Å². The Balaban J connectivity index is 2.12. The first-order chi connectivity index (χ1) is 7.66. The number of nitrogens with zero attached hydrogens (tertiary/aromatic N) is 1. The maximum atomic E-state index is 11.7. The zero-order valence-electron chi connectivity index (χ0n) is 8.99. The molecule has 0 saturated carbocycles. The highest BCUT2D eigenvalue weighted by Crippen LogP contribution is 2.18. The van der Waals surface area contributed by atoms with Gasteiger partial charge in [0.05, 0.1) is 12.2 Å². The Hall–Kier alpha value is -1.97. The zero-order chi connectivity index (χ0) is 11.5. The summed E-state index contributed by atoms with van der Waals surface area (Å²) in [6, 6.07) is 1.82. The van der Waals surface area contributed by atoms with Crippen molar-refractivity contribution in [1.82, 2.24) is 10.3 Å². The summed E-state index contributed by atoms with van der Waals surface area (Å²) >= 11 is 0. The third-order valence-corrected chi connectivity index (χ3v) is 2.43. The van der Waals surface area contributed by atoms with Crippen molar-refractivity contribution in [2.24, 2.45) is 0 Å². The maximum Gasteiger partial charge on any atom is 0.217 e. The smallest absolute Gasteiger partial charge is 0.217 e. The summed E-state index contributed by atoms with van der Waals surface area (Å²) in [7, 11) is 0. The third-order valence-electron chi connectivity index (χ3n) is 2.43. The van der Waals surface area contributed by atoms with E-state index in [0.717, 1.165) is 17.7 Å². The van der Waals surface area contributed by atoms with Gasteiger partial charge in [-0.15, -0.1) is 0 Å². The van der Waals surface area contributed by atoms with E-state index < -0.39 is 0 Å². The Bertz CT molecular complexity index is 478. The van der Waals surface area contributed by atoms with Crippen LogP contribution in [0.3, 0.4) is 0 Å². The minimum Gasteiger partial charge on any atom is -0.349 e. The first-order valence-corrected chi connectivity index (χ1v) is 5.10. The van der Waals surface area contributed by atoms with E-state index in [2.05, 4.69) is 10.3 Å². The van der Waals surface area contributed by atoms with E-state index >= 15 is 0 Å². The van der Waals surface area contributed by atoms with E-state index in [-0.39, 0.29) is 18.2 Å². The van der Waals surface area contributed by atoms with Gasteiger partial charge in [0.15, 0.2) is 5.78 Å². The van der Waals surface area contributed by atoms with Crippen LogP contribution < -0.4 is 5.32 Å². The summed E-state index contributed by atoms with van der Waals surface area (Å²) in [6.07, 6.45) is 6.36. The van der Waals surface area contributed by atoms with E-state index in [1.165, 1.54) is 6.92 Å². The number of amides is 1. The number of rotatable bonds is 3. The van der Waals surface area contributed by atoms with Crippen molar-refractivity contribution >= 4 is 17.8 Å². The molecule has 4 heteroatoms. The highest BCUT2D eigenvalue weighted by molar-refractivity contribution is 5.99. The highest BCUT2D eigenvalue weighted by Gasteiger charge is 2.11.